The number of benzene rings is 11. The van der Waals surface area contributed by atoms with Crippen LogP contribution < -0.4 is 0 Å². The zero-order valence-corrected chi connectivity index (χ0v) is 41.6. The Labute approximate surface area is 439 Å². The van der Waals surface area contributed by atoms with E-state index in [1.807, 2.05) is 24.3 Å². The number of rotatable bonds is 8. The molecule has 15 aromatic rings. The number of aryl methyl sites for hydroxylation is 1. The molecule has 0 amide bonds. The van der Waals surface area contributed by atoms with Crippen LogP contribution in [0.5, 0.6) is 0 Å². The Balaban J connectivity index is 0.796. The van der Waals surface area contributed by atoms with Gasteiger partial charge in [0.15, 0.2) is 5.82 Å². The van der Waals surface area contributed by atoms with Gasteiger partial charge in [-0.15, -0.1) is 0 Å². The second-order valence-electron chi connectivity index (χ2n) is 19.8. The summed E-state index contributed by atoms with van der Waals surface area (Å²) < 4.78 is 7.27. The lowest BCUT2D eigenvalue weighted by molar-refractivity contribution is 1.16. The lowest BCUT2D eigenvalue weighted by Gasteiger charge is -2.13. The van der Waals surface area contributed by atoms with E-state index in [1.54, 1.807) is 0 Å². The van der Waals surface area contributed by atoms with E-state index in [9.17, 15) is 0 Å². The highest BCUT2D eigenvalue weighted by atomic mass is 15.0. The number of para-hydroxylation sites is 4. The highest BCUT2D eigenvalue weighted by molar-refractivity contribution is 6.14. The van der Waals surface area contributed by atoms with Crippen molar-refractivity contribution in [2.45, 2.75) is 6.92 Å². The normalized spacial score (nSPS) is 11.8. The van der Waals surface area contributed by atoms with E-state index < -0.39 is 0 Å². The molecular weight excluding hydrogens is 923 g/mol. The SMILES string of the molecule is Cc1cc(-c2ccc(-c3ccc(-n4c5ccc(-n6c7ccccc7c7ccccc76)cc5c5cc(-n6c7ccccc7c7ccccc76)ccc54)cc3)cc2)ccc1-c1cc(-c2ccccc2)nc(-c2ccccc2)n1. The Bertz CT molecular complexity index is 4400. The second kappa shape index (κ2) is 17.5. The Morgan fingerprint density at radius 2 is 0.618 bits per heavy atom. The third kappa shape index (κ3) is 7.08. The fraction of sp³-hybridized carbons (Fsp3) is 0.0141. The topological polar surface area (TPSA) is 40.6 Å². The van der Waals surface area contributed by atoms with Gasteiger partial charge in [-0.1, -0.05) is 188 Å². The van der Waals surface area contributed by atoms with E-state index in [-0.39, 0.29) is 0 Å². The average molecular weight is 970 g/mol. The van der Waals surface area contributed by atoms with Crippen LogP contribution in [-0.4, -0.2) is 23.7 Å². The molecule has 15 rings (SSSR count). The van der Waals surface area contributed by atoms with Gasteiger partial charge in [0.25, 0.3) is 0 Å². The van der Waals surface area contributed by atoms with Crippen LogP contribution in [0.4, 0.5) is 0 Å². The molecule has 356 valence electrons. The van der Waals surface area contributed by atoms with Crippen molar-refractivity contribution in [1.29, 1.82) is 0 Å². The van der Waals surface area contributed by atoms with Gasteiger partial charge in [-0.3, -0.25) is 0 Å². The predicted molar refractivity (Wildman–Crippen MR) is 317 cm³/mol. The minimum absolute atomic E-state index is 0.717. The van der Waals surface area contributed by atoms with Crippen LogP contribution in [0, 0.1) is 6.92 Å². The van der Waals surface area contributed by atoms with E-state index in [2.05, 4.69) is 263 Å². The molecule has 0 radical (unpaired) electrons. The summed E-state index contributed by atoms with van der Waals surface area (Å²) in [7, 11) is 0. The Hall–Kier alpha value is -10.1. The molecule has 0 aliphatic rings. The molecule has 5 nitrogen and oxygen atoms in total. The molecule has 0 atom stereocenters. The van der Waals surface area contributed by atoms with Crippen LogP contribution in [0.1, 0.15) is 5.56 Å². The van der Waals surface area contributed by atoms with Crippen LogP contribution >= 0.6 is 0 Å². The van der Waals surface area contributed by atoms with Gasteiger partial charge in [0.05, 0.1) is 44.5 Å². The van der Waals surface area contributed by atoms with Crippen molar-refractivity contribution in [3.05, 3.63) is 272 Å². The van der Waals surface area contributed by atoms with Crippen molar-refractivity contribution in [2.24, 2.45) is 0 Å². The first-order valence-corrected chi connectivity index (χ1v) is 26.0. The van der Waals surface area contributed by atoms with Gasteiger partial charge >= 0.3 is 0 Å². The maximum absolute atomic E-state index is 5.11. The third-order valence-corrected chi connectivity index (χ3v) is 15.4. The lowest BCUT2D eigenvalue weighted by Crippen LogP contribution is -1.97. The average Bonchev–Trinajstić information content (AvgIpc) is 4.14. The molecule has 4 aromatic heterocycles. The minimum atomic E-state index is 0.717. The fourth-order valence-corrected chi connectivity index (χ4v) is 11.8. The van der Waals surface area contributed by atoms with E-state index in [4.69, 9.17) is 9.97 Å². The summed E-state index contributed by atoms with van der Waals surface area (Å²) in [5.41, 5.74) is 21.3. The maximum Gasteiger partial charge on any atom is 0.160 e. The third-order valence-electron chi connectivity index (χ3n) is 15.4. The molecule has 4 heterocycles. The number of hydrogen-bond acceptors (Lipinski definition) is 2. The van der Waals surface area contributed by atoms with Gasteiger partial charge in [0, 0.05) is 66.1 Å². The van der Waals surface area contributed by atoms with E-state index in [0.717, 1.165) is 72.9 Å². The highest BCUT2D eigenvalue weighted by Crippen LogP contribution is 2.40. The maximum atomic E-state index is 5.11. The molecule has 0 unspecified atom stereocenters. The standard InChI is InChI=1S/C71H47N5/c1-46-42-52(34-39-56(46)64-45-63(50-16-4-2-5-17-50)72-71(73-64)51-18-6-3-7-19-51)49-30-28-47(29-31-49)48-32-35-53(36-33-48)74-69-40-37-54(75-65-24-12-8-20-57(65)58-21-9-13-25-66(58)75)43-61(69)62-44-55(38-41-70(62)74)76-67-26-14-10-22-59(67)60-23-11-15-27-68(60)76/h2-45H,1H3. The summed E-state index contributed by atoms with van der Waals surface area (Å²) in [6.45, 7) is 2.17. The Kier molecular flexibility index (Phi) is 10.0. The molecule has 0 saturated carbocycles. The van der Waals surface area contributed by atoms with E-state index in [1.165, 1.54) is 65.5 Å². The van der Waals surface area contributed by atoms with Gasteiger partial charge < -0.3 is 13.7 Å². The Morgan fingerprint density at radius 3 is 1.11 bits per heavy atom. The summed E-state index contributed by atoms with van der Waals surface area (Å²) in [6, 6.07) is 96.4. The smallest absolute Gasteiger partial charge is 0.160 e. The second-order valence-corrected chi connectivity index (χ2v) is 19.8. The van der Waals surface area contributed by atoms with Gasteiger partial charge in [0.2, 0.25) is 0 Å². The van der Waals surface area contributed by atoms with E-state index >= 15 is 0 Å². The van der Waals surface area contributed by atoms with Crippen molar-refractivity contribution >= 4 is 65.4 Å². The monoisotopic (exact) mass is 969 g/mol. The molecule has 0 spiro atoms. The van der Waals surface area contributed by atoms with Crippen molar-refractivity contribution in [3.63, 3.8) is 0 Å². The van der Waals surface area contributed by atoms with Crippen LogP contribution in [0.2, 0.25) is 0 Å². The molecule has 0 aliphatic carbocycles. The van der Waals surface area contributed by atoms with Crippen LogP contribution in [0.15, 0.2) is 267 Å². The van der Waals surface area contributed by atoms with Crippen molar-refractivity contribution < 1.29 is 0 Å². The molecule has 0 bridgehead atoms. The lowest BCUT2D eigenvalue weighted by atomic mass is 9.96. The van der Waals surface area contributed by atoms with Crippen molar-refractivity contribution in [1.82, 2.24) is 23.7 Å². The quantitative estimate of drug-likeness (QED) is 0.152. The first-order valence-electron chi connectivity index (χ1n) is 26.0. The van der Waals surface area contributed by atoms with Gasteiger partial charge in [-0.2, -0.15) is 0 Å². The zero-order valence-electron chi connectivity index (χ0n) is 41.6. The van der Waals surface area contributed by atoms with Gasteiger partial charge in [-0.25, -0.2) is 9.97 Å². The molecule has 0 fully saturated rings. The summed E-state index contributed by atoms with van der Waals surface area (Å²) in [4.78, 5) is 10.1. The van der Waals surface area contributed by atoms with Crippen LogP contribution in [0.3, 0.4) is 0 Å². The van der Waals surface area contributed by atoms with Crippen molar-refractivity contribution in [3.8, 4) is 73.2 Å². The Morgan fingerprint density at radius 1 is 0.250 bits per heavy atom. The number of hydrogen-bond donors (Lipinski definition) is 0. The molecular formula is C71H47N5. The zero-order chi connectivity index (χ0) is 50.3. The molecule has 0 aliphatic heterocycles. The number of aromatic nitrogens is 5. The summed E-state index contributed by atoms with van der Waals surface area (Å²) in [6.07, 6.45) is 0. The first kappa shape index (κ1) is 43.5. The summed E-state index contributed by atoms with van der Waals surface area (Å²) in [5, 5.41) is 7.41. The molecule has 76 heavy (non-hydrogen) atoms. The minimum Gasteiger partial charge on any atom is -0.309 e. The first-order chi connectivity index (χ1) is 37.6. The highest BCUT2D eigenvalue weighted by Gasteiger charge is 2.20. The van der Waals surface area contributed by atoms with Crippen LogP contribution in [-0.2, 0) is 0 Å². The molecule has 11 aromatic carbocycles. The number of fused-ring (bicyclic) bond motifs is 9. The number of nitrogens with zero attached hydrogens (tertiary/aromatic N) is 5. The molecule has 0 N–H and O–H groups in total. The molecule has 5 heteroatoms. The van der Waals surface area contributed by atoms with Crippen molar-refractivity contribution in [2.75, 3.05) is 0 Å². The van der Waals surface area contributed by atoms with E-state index in [0.29, 0.717) is 5.82 Å². The molecule has 0 saturated heterocycles. The summed E-state index contributed by atoms with van der Waals surface area (Å²) >= 11 is 0. The summed E-state index contributed by atoms with van der Waals surface area (Å²) in [5.74, 6) is 0.717. The predicted octanol–water partition coefficient (Wildman–Crippen LogP) is 18.4. The van der Waals surface area contributed by atoms with Gasteiger partial charge in [0.1, 0.15) is 0 Å². The van der Waals surface area contributed by atoms with Gasteiger partial charge in [-0.05, 0) is 114 Å². The largest absolute Gasteiger partial charge is 0.309 e. The fourth-order valence-electron chi connectivity index (χ4n) is 11.8. The van der Waals surface area contributed by atoms with Crippen LogP contribution in [0.25, 0.3) is 139 Å².